The molecule has 5 unspecified atom stereocenters. The fourth-order valence-electron chi connectivity index (χ4n) is 1.96. The number of amides is 2. The van der Waals surface area contributed by atoms with E-state index in [1.807, 2.05) is 0 Å². The van der Waals surface area contributed by atoms with Gasteiger partial charge in [0.25, 0.3) is 5.91 Å². The summed E-state index contributed by atoms with van der Waals surface area (Å²) in [5.74, 6) is -4.87. The van der Waals surface area contributed by atoms with Crippen LogP contribution in [-0.2, 0) is 14.3 Å². The predicted octanol–water partition coefficient (Wildman–Crippen LogP) is -2.24. The van der Waals surface area contributed by atoms with E-state index in [2.05, 4.69) is 0 Å². The number of carboxylic acid groups (broad SMARTS) is 1. The van der Waals surface area contributed by atoms with Crippen LogP contribution >= 0.6 is 0 Å². The van der Waals surface area contributed by atoms with Gasteiger partial charge < -0.3 is 35.4 Å². The molecule has 0 spiro atoms. The number of rotatable bonds is 7. The van der Waals surface area contributed by atoms with Gasteiger partial charge in [0.05, 0.1) is 6.61 Å². The molecule has 0 fully saturated rings. The molecule has 2 amide bonds. The van der Waals surface area contributed by atoms with Gasteiger partial charge in [0.15, 0.2) is 0 Å². The van der Waals surface area contributed by atoms with Gasteiger partial charge in [0.2, 0.25) is 5.72 Å². The number of ether oxygens (including phenoxy) is 1. The quantitative estimate of drug-likeness (QED) is 0.140. The normalized spacial score (nSPS) is 18.4. The molecule has 0 aliphatic rings. The number of nitrogens with zero attached hydrogens (tertiary/aromatic N) is 1. The standard InChI is InChI=1S/C15H28N2O10/c1-7(12(23)24)11(22)17(16-13(25)27-14(3,4)5)15(26,8(2)19)10(21)9(20)6-18/h7-10,18-21,26H,6H2,1-5H3,(H,16,25)(H,23,24). The first-order valence-electron chi connectivity index (χ1n) is 8.03. The molecule has 0 heterocycles. The summed E-state index contributed by atoms with van der Waals surface area (Å²) in [5.41, 5.74) is -2.35. The first-order chi connectivity index (χ1) is 12.1. The molecular weight excluding hydrogens is 368 g/mol. The second-order valence-corrected chi connectivity index (χ2v) is 7.00. The molecule has 158 valence electrons. The van der Waals surface area contributed by atoms with Crippen LogP contribution in [0.2, 0.25) is 0 Å². The maximum Gasteiger partial charge on any atom is 0.426 e. The van der Waals surface area contributed by atoms with Gasteiger partial charge in [0, 0.05) is 0 Å². The van der Waals surface area contributed by atoms with Gasteiger partial charge in [-0.3, -0.25) is 9.59 Å². The highest BCUT2D eigenvalue weighted by molar-refractivity contribution is 5.97. The lowest BCUT2D eigenvalue weighted by atomic mass is 9.94. The average Bonchev–Trinajstić information content (AvgIpc) is 2.54. The highest BCUT2D eigenvalue weighted by Gasteiger charge is 2.53. The van der Waals surface area contributed by atoms with E-state index < -0.39 is 60.1 Å². The molecule has 0 bridgehead atoms. The maximum absolute atomic E-state index is 12.5. The molecule has 0 aromatic rings. The van der Waals surface area contributed by atoms with Crippen LogP contribution in [0.1, 0.15) is 34.6 Å². The van der Waals surface area contributed by atoms with Gasteiger partial charge in [-0.05, 0) is 34.6 Å². The van der Waals surface area contributed by atoms with Crippen molar-refractivity contribution in [3.63, 3.8) is 0 Å². The van der Waals surface area contributed by atoms with Crippen molar-refractivity contribution >= 4 is 18.0 Å². The molecule has 12 heteroatoms. The lowest BCUT2D eigenvalue weighted by Gasteiger charge is -2.45. The zero-order valence-electron chi connectivity index (χ0n) is 15.8. The number of hydrazine groups is 1. The Bertz CT molecular complexity index is 547. The third-order valence-corrected chi connectivity index (χ3v) is 3.52. The van der Waals surface area contributed by atoms with E-state index in [1.165, 1.54) is 20.8 Å². The summed E-state index contributed by atoms with van der Waals surface area (Å²) >= 11 is 0. The van der Waals surface area contributed by atoms with E-state index in [1.54, 1.807) is 5.43 Å². The monoisotopic (exact) mass is 396 g/mol. The highest BCUT2D eigenvalue weighted by atomic mass is 16.6. The van der Waals surface area contributed by atoms with Gasteiger partial charge in [-0.15, -0.1) is 0 Å². The lowest BCUT2D eigenvalue weighted by Crippen LogP contribution is -2.73. The minimum atomic E-state index is -3.10. The van der Waals surface area contributed by atoms with E-state index in [0.717, 1.165) is 13.8 Å². The third kappa shape index (κ3) is 6.29. The summed E-state index contributed by atoms with van der Waals surface area (Å²) in [6, 6.07) is 0. The number of aliphatic carboxylic acids is 1. The summed E-state index contributed by atoms with van der Waals surface area (Å²) < 4.78 is 4.92. The SMILES string of the molecule is CC(C(=O)O)C(=O)N(NC(=O)OC(C)(C)C)C(O)(C(C)O)C(O)C(O)CO. The van der Waals surface area contributed by atoms with E-state index in [-0.39, 0.29) is 5.01 Å². The smallest absolute Gasteiger partial charge is 0.426 e. The van der Waals surface area contributed by atoms with Gasteiger partial charge in [0.1, 0.15) is 29.8 Å². The lowest BCUT2D eigenvalue weighted by molar-refractivity contribution is -0.258. The number of nitrogens with one attached hydrogen (secondary N) is 1. The van der Waals surface area contributed by atoms with E-state index in [4.69, 9.17) is 14.9 Å². The molecule has 5 atom stereocenters. The summed E-state index contributed by atoms with van der Waals surface area (Å²) in [4.78, 5) is 35.7. The summed E-state index contributed by atoms with van der Waals surface area (Å²) in [5, 5.41) is 58.5. The fraction of sp³-hybridized carbons (Fsp3) is 0.800. The number of carbonyl (C=O) groups excluding carboxylic acids is 2. The Morgan fingerprint density at radius 3 is 1.93 bits per heavy atom. The van der Waals surface area contributed by atoms with Crippen molar-refractivity contribution in [3.8, 4) is 0 Å². The van der Waals surface area contributed by atoms with Crippen LogP contribution in [0.3, 0.4) is 0 Å². The van der Waals surface area contributed by atoms with Crippen molar-refractivity contribution in [2.75, 3.05) is 6.61 Å². The van der Waals surface area contributed by atoms with Gasteiger partial charge in [-0.1, -0.05) is 0 Å². The van der Waals surface area contributed by atoms with Crippen LogP contribution in [0.4, 0.5) is 4.79 Å². The second kappa shape index (κ2) is 9.28. The third-order valence-electron chi connectivity index (χ3n) is 3.52. The van der Waals surface area contributed by atoms with Gasteiger partial charge >= 0.3 is 12.1 Å². The van der Waals surface area contributed by atoms with Crippen molar-refractivity contribution in [3.05, 3.63) is 0 Å². The summed E-state index contributed by atoms with van der Waals surface area (Å²) in [6.07, 6.45) is -7.74. The number of hydrogen-bond donors (Lipinski definition) is 7. The average molecular weight is 396 g/mol. The molecule has 0 saturated heterocycles. The number of aliphatic hydroxyl groups excluding tert-OH is 4. The van der Waals surface area contributed by atoms with Crippen LogP contribution in [0, 0.1) is 5.92 Å². The van der Waals surface area contributed by atoms with Gasteiger partial charge in [-0.2, -0.15) is 0 Å². The minimum absolute atomic E-state index is 0.0198. The second-order valence-electron chi connectivity index (χ2n) is 7.00. The summed E-state index contributed by atoms with van der Waals surface area (Å²) in [7, 11) is 0. The van der Waals surface area contributed by atoms with E-state index in [9.17, 15) is 34.8 Å². The zero-order valence-corrected chi connectivity index (χ0v) is 15.8. The van der Waals surface area contributed by atoms with Crippen molar-refractivity contribution in [2.24, 2.45) is 5.92 Å². The Balaban J connectivity index is 6.14. The van der Waals surface area contributed by atoms with Crippen LogP contribution in [-0.4, -0.2) is 89.9 Å². The first kappa shape index (κ1) is 25.0. The molecule has 0 aliphatic heterocycles. The molecule has 0 saturated carbocycles. The molecule has 0 aromatic heterocycles. The molecule has 0 radical (unpaired) electrons. The number of carbonyl (C=O) groups is 3. The van der Waals surface area contributed by atoms with E-state index >= 15 is 0 Å². The Labute approximate surface area is 155 Å². The summed E-state index contributed by atoms with van der Waals surface area (Å²) in [6.45, 7) is 5.25. The molecular formula is C15H28N2O10. The Kier molecular flexibility index (Phi) is 8.60. The predicted molar refractivity (Wildman–Crippen MR) is 88.7 cm³/mol. The maximum atomic E-state index is 12.5. The van der Waals surface area contributed by atoms with Crippen LogP contribution < -0.4 is 5.43 Å². The van der Waals surface area contributed by atoms with Crippen molar-refractivity contribution < 1.29 is 49.8 Å². The molecule has 0 rings (SSSR count). The number of hydrogen-bond acceptors (Lipinski definition) is 9. The number of aliphatic hydroxyl groups is 5. The van der Waals surface area contributed by atoms with Crippen LogP contribution in [0.25, 0.3) is 0 Å². The van der Waals surface area contributed by atoms with Crippen LogP contribution in [0.5, 0.6) is 0 Å². The van der Waals surface area contributed by atoms with Gasteiger partial charge in [-0.25, -0.2) is 15.2 Å². The largest absolute Gasteiger partial charge is 0.481 e. The molecule has 0 aliphatic carbocycles. The molecule has 27 heavy (non-hydrogen) atoms. The first-order valence-corrected chi connectivity index (χ1v) is 8.03. The van der Waals surface area contributed by atoms with Crippen molar-refractivity contribution in [1.82, 2.24) is 10.4 Å². The topological polar surface area (TPSA) is 197 Å². The minimum Gasteiger partial charge on any atom is -0.481 e. The Morgan fingerprint density at radius 2 is 1.59 bits per heavy atom. The zero-order chi connectivity index (χ0) is 21.7. The van der Waals surface area contributed by atoms with Crippen LogP contribution in [0.15, 0.2) is 0 Å². The molecule has 12 nitrogen and oxygen atoms in total. The number of carboxylic acids is 1. The fourth-order valence-corrected chi connectivity index (χ4v) is 1.96. The highest BCUT2D eigenvalue weighted by Crippen LogP contribution is 2.25. The Hall–Kier alpha value is -1.99. The molecule has 7 N–H and O–H groups in total. The van der Waals surface area contributed by atoms with Crippen molar-refractivity contribution in [1.29, 1.82) is 0 Å². The molecule has 0 aromatic carbocycles. The van der Waals surface area contributed by atoms with E-state index in [0.29, 0.717) is 0 Å². The van der Waals surface area contributed by atoms with Crippen molar-refractivity contribution in [2.45, 2.75) is 64.3 Å². The Morgan fingerprint density at radius 1 is 1.11 bits per heavy atom.